The Bertz CT molecular complexity index is 600. The van der Waals surface area contributed by atoms with Crippen molar-refractivity contribution in [2.24, 2.45) is 0 Å². The molecule has 0 saturated heterocycles. The van der Waals surface area contributed by atoms with Gasteiger partial charge in [0, 0.05) is 6.42 Å². The number of nitrogens with one attached hydrogen (secondary N) is 1. The Kier molecular flexibility index (Phi) is 7.91. The van der Waals surface area contributed by atoms with E-state index >= 15 is 0 Å². The van der Waals surface area contributed by atoms with E-state index in [1.165, 1.54) is 0 Å². The van der Waals surface area contributed by atoms with Crippen LogP contribution in [0.3, 0.4) is 0 Å². The standard InChI is InChI=1S/C17H21N3O2.ClH/c1-2-11-22-15-7-3-13(4-8-15)5-10-17(21)20-14-6-9-16(18)19-12-14;/h3-4,6-9,12H,2,5,10-11H2,1H3,(H2,18,19)(H,20,21);1H. The SMILES string of the molecule is CCCOc1ccc(CCC(=O)Nc2ccc(N)nc2)cc1.Cl. The summed E-state index contributed by atoms with van der Waals surface area (Å²) in [6, 6.07) is 11.2. The summed E-state index contributed by atoms with van der Waals surface area (Å²) in [5.74, 6) is 1.25. The number of amides is 1. The van der Waals surface area contributed by atoms with Crippen LogP contribution in [-0.4, -0.2) is 17.5 Å². The van der Waals surface area contributed by atoms with E-state index in [-0.39, 0.29) is 18.3 Å². The van der Waals surface area contributed by atoms with E-state index in [0.717, 1.165) is 24.3 Å². The van der Waals surface area contributed by atoms with Crippen molar-refractivity contribution in [3.63, 3.8) is 0 Å². The summed E-state index contributed by atoms with van der Waals surface area (Å²) in [4.78, 5) is 15.8. The molecule has 0 aliphatic carbocycles. The molecule has 0 bridgehead atoms. The molecule has 0 atom stereocenters. The van der Waals surface area contributed by atoms with Crippen LogP contribution in [0.15, 0.2) is 42.6 Å². The van der Waals surface area contributed by atoms with E-state index in [0.29, 0.717) is 24.3 Å². The number of carbonyl (C=O) groups excluding carboxylic acids is 1. The van der Waals surface area contributed by atoms with Gasteiger partial charge in [0.15, 0.2) is 0 Å². The van der Waals surface area contributed by atoms with Gasteiger partial charge in [-0.05, 0) is 42.7 Å². The second-order valence-electron chi connectivity index (χ2n) is 5.01. The summed E-state index contributed by atoms with van der Waals surface area (Å²) in [7, 11) is 0. The zero-order chi connectivity index (χ0) is 15.8. The predicted octanol–water partition coefficient (Wildman–Crippen LogP) is 3.45. The first kappa shape index (κ1) is 18.8. The molecule has 2 aromatic rings. The minimum Gasteiger partial charge on any atom is -0.494 e. The molecule has 0 fully saturated rings. The topological polar surface area (TPSA) is 77.2 Å². The van der Waals surface area contributed by atoms with Gasteiger partial charge >= 0.3 is 0 Å². The lowest BCUT2D eigenvalue weighted by Gasteiger charge is -2.07. The largest absolute Gasteiger partial charge is 0.494 e. The number of ether oxygens (including phenoxy) is 1. The molecule has 0 aliphatic heterocycles. The highest BCUT2D eigenvalue weighted by Gasteiger charge is 2.04. The van der Waals surface area contributed by atoms with Gasteiger partial charge in [0.1, 0.15) is 11.6 Å². The predicted molar refractivity (Wildman–Crippen MR) is 95.1 cm³/mol. The number of nitrogen functional groups attached to an aromatic ring is 1. The number of aromatic nitrogens is 1. The smallest absolute Gasteiger partial charge is 0.224 e. The van der Waals surface area contributed by atoms with Gasteiger partial charge in [-0.1, -0.05) is 19.1 Å². The maximum atomic E-state index is 11.9. The first-order chi connectivity index (χ1) is 10.7. The second-order valence-corrected chi connectivity index (χ2v) is 5.01. The lowest BCUT2D eigenvalue weighted by atomic mass is 10.1. The Morgan fingerprint density at radius 1 is 1.22 bits per heavy atom. The van der Waals surface area contributed by atoms with Crippen molar-refractivity contribution >= 4 is 29.8 Å². The third kappa shape index (κ3) is 6.57. The summed E-state index contributed by atoms with van der Waals surface area (Å²) in [5.41, 5.74) is 7.26. The van der Waals surface area contributed by atoms with Crippen LogP contribution >= 0.6 is 12.4 Å². The van der Waals surface area contributed by atoms with Crippen LogP contribution in [0.4, 0.5) is 11.5 Å². The van der Waals surface area contributed by atoms with Crippen LogP contribution in [0.2, 0.25) is 0 Å². The highest BCUT2D eigenvalue weighted by Crippen LogP contribution is 2.14. The molecule has 0 saturated carbocycles. The molecule has 0 spiro atoms. The summed E-state index contributed by atoms with van der Waals surface area (Å²) in [6.07, 6.45) is 3.64. The molecular formula is C17H22ClN3O2. The molecule has 5 nitrogen and oxygen atoms in total. The molecule has 1 aromatic heterocycles. The molecule has 0 unspecified atom stereocenters. The number of halogens is 1. The number of benzene rings is 1. The molecule has 2 rings (SSSR count). The van der Waals surface area contributed by atoms with Gasteiger partial charge in [-0.25, -0.2) is 4.98 Å². The van der Waals surface area contributed by atoms with Crippen LogP contribution < -0.4 is 15.8 Å². The summed E-state index contributed by atoms with van der Waals surface area (Å²) >= 11 is 0. The molecule has 1 heterocycles. The molecule has 6 heteroatoms. The Balaban J connectivity index is 0.00000264. The number of hydrogen-bond acceptors (Lipinski definition) is 4. The van der Waals surface area contributed by atoms with Crippen molar-refractivity contribution in [2.75, 3.05) is 17.7 Å². The van der Waals surface area contributed by atoms with Crippen molar-refractivity contribution in [1.29, 1.82) is 0 Å². The average molecular weight is 336 g/mol. The van der Waals surface area contributed by atoms with Gasteiger partial charge < -0.3 is 15.8 Å². The van der Waals surface area contributed by atoms with Gasteiger partial charge in [0.2, 0.25) is 5.91 Å². The van der Waals surface area contributed by atoms with E-state index in [1.807, 2.05) is 24.3 Å². The number of aryl methyl sites for hydroxylation is 1. The average Bonchev–Trinajstić information content (AvgIpc) is 2.54. The summed E-state index contributed by atoms with van der Waals surface area (Å²) in [5, 5.41) is 2.80. The Hall–Kier alpha value is -2.27. The number of hydrogen-bond donors (Lipinski definition) is 2. The third-order valence-corrected chi connectivity index (χ3v) is 3.11. The number of nitrogens with two attached hydrogens (primary N) is 1. The van der Waals surface area contributed by atoms with Crippen molar-refractivity contribution in [2.45, 2.75) is 26.2 Å². The minimum absolute atomic E-state index is 0. The maximum Gasteiger partial charge on any atom is 0.224 e. The van der Waals surface area contributed by atoms with Gasteiger partial charge in [-0.2, -0.15) is 0 Å². The quantitative estimate of drug-likeness (QED) is 0.812. The van der Waals surface area contributed by atoms with Crippen LogP contribution in [0, 0.1) is 0 Å². The van der Waals surface area contributed by atoms with Crippen LogP contribution in [-0.2, 0) is 11.2 Å². The number of pyridine rings is 1. The fraction of sp³-hybridized carbons (Fsp3) is 0.294. The first-order valence-electron chi connectivity index (χ1n) is 7.40. The Morgan fingerprint density at radius 3 is 2.57 bits per heavy atom. The third-order valence-electron chi connectivity index (χ3n) is 3.11. The lowest BCUT2D eigenvalue weighted by molar-refractivity contribution is -0.116. The monoisotopic (exact) mass is 335 g/mol. The molecular weight excluding hydrogens is 314 g/mol. The first-order valence-corrected chi connectivity index (χ1v) is 7.40. The molecule has 124 valence electrons. The van der Waals surface area contributed by atoms with Gasteiger partial charge in [0.25, 0.3) is 0 Å². The number of nitrogens with zero attached hydrogens (tertiary/aromatic N) is 1. The van der Waals surface area contributed by atoms with Crippen LogP contribution in [0.5, 0.6) is 5.75 Å². The van der Waals surface area contributed by atoms with Crippen molar-refractivity contribution in [1.82, 2.24) is 4.98 Å². The van der Waals surface area contributed by atoms with Crippen molar-refractivity contribution < 1.29 is 9.53 Å². The Morgan fingerprint density at radius 2 is 1.96 bits per heavy atom. The number of rotatable bonds is 7. The maximum absolute atomic E-state index is 11.9. The van der Waals surface area contributed by atoms with Crippen molar-refractivity contribution in [3.8, 4) is 5.75 Å². The van der Waals surface area contributed by atoms with E-state index in [2.05, 4.69) is 17.2 Å². The number of anilines is 2. The lowest BCUT2D eigenvalue weighted by Crippen LogP contribution is -2.12. The Labute approximate surface area is 142 Å². The van der Waals surface area contributed by atoms with Gasteiger partial charge in [0.05, 0.1) is 18.5 Å². The van der Waals surface area contributed by atoms with E-state index < -0.39 is 0 Å². The molecule has 23 heavy (non-hydrogen) atoms. The van der Waals surface area contributed by atoms with Crippen LogP contribution in [0.25, 0.3) is 0 Å². The summed E-state index contributed by atoms with van der Waals surface area (Å²) in [6.45, 7) is 2.79. The zero-order valence-electron chi connectivity index (χ0n) is 13.1. The summed E-state index contributed by atoms with van der Waals surface area (Å²) < 4.78 is 5.53. The molecule has 1 amide bonds. The molecule has 0 aliphatic rings. The van der Waals surface area contributed by atoms with Crippen LogP contribution in [0.1, 0.15) is 25.3 Å². The highest BCUT2D eigenvalue weighted by molar-refractivity contribution is 5.90. The van der Waals surface area contributed by atoms with E-state index in [1.54, 1.807) is 18.3 Å². The normalized spacial score (nSPS) is 9.78. The molecule has 0 radical (unpaired) electrons. The second kappa shape index (κ2) is 9.69. The fourth-order valence-corrected chi connectivity index (χ4v) is 1.93. The zero-order valence-corrected chi connectivity index (χ0v) is 13.9. The van der Waals surface area contributed by atoms with Gasteiger partial charge in [-0.15, -0.1) is 12.4 Å². The highest BCUT2D eigenvalue weighted by atomic mass is 35.5. The minimum atomic E-state index is -0.0436. The number of carbonyl (C=O) groups is 1. The van der Waals surface area contributed by atoms with E-state index in [4.69, 9.17) is 10.5 Å². The molecule has 3 N–H and O–H groups in total. The molecule has 1 aromatic carbocycles. The van der Waals surface area contributed by atoms with Crippen molar-refractivity contribution in [3.05, 3.63) is 48.2 Å². The fourth-order valence-electron chi connectivity index (χ4n) is 1.93. The van der Waals surface area contributed by atoms with E-state index in [9.17, 15) is 4.79 Å². The van der Waals surface area contributed by atoms with Gasteiger partial charge in [-0.3, -0.25) is 4.79 Å².